The first-order valence-corrected chi connectivity index (χ1v) is 6.79. The van der Waals surface area contributed by atoms with Gasteiger partial charge in [0.1, 0.15) is 0 Å². The molecule has 0 radical (unpaired) electrons. The first-order valence-electron chi connectivity index (χ1n) is 5.07. The second-order valence-electron chi connectivity index (χ2n) is 3.71. The zero-order valence-corrected chi connectivity index (χ0v) is 9.44. The summed E-state index contributed by atoms with van der Waals surface area (Å²) in [5.41, 5.74) is -0.579. The third kappa shape index (κ3) is 2.24. The molecule has 1 atom stereocenters. The van der Waals surface area contributed by atoms with Gasteiger partial charge in [-0.05, 0) is 25.0 Å². The molecule has 0 aliphatic carbocycles. The van der Waals surface area contributed by atoms with Gasteiger partial charge in [0.25, 0.3) is 0 Å². The molecule has 0 bridgehead atoms. The minimum atomic E-state index is -3.23. The average molecular weight is 240 g/mol. The fourth-order valence-corrected chi connectivity index (χ4v) is 3.25. The molecule has 1 aromatic rings. The van der Waals surface area contributed by atoms with E-state index in [2.05, 4.69) is 0 Å². The van der Waals surface area contributed by atoms with E-state index in [1.807, 2.05) is 0 Å². The van der Waals surface area contributed by atoms with Crippen molar-refractivity contribution < 1.29 is 17.9 Å². The average Bonchev–Trinajstić information content (AvgIpc) is 2.59. The largest absolute Gasteiger partial charge is 0.442 e. The Bertz CT molecular complexity index is 478. The maximum absolute atomic E-state index is 11.6. The molecule has 1 unspecified atom stereocenters. The van der Waals surface area contributed by atoms with Crippen molar-refractivity contribution in [3.63, 3.8) is 0 Å². The molecule has 1 aliphatic rings. The molecule has 0 amide bonds. The molecular weight excluding hydrogens is 228 g/mol. The standard InChI is InChI=1S/C11H12O4S/c12-11(9-5-2-1-3-6-9)15-10-7-4-8-16(10,13)14/h1-3,5-6,10H,4,7-8H2. The van der Waals surface area contributed by atoms with Gasteiger partial charge in [-0.3, -0.25) is 0 Å². The van der Waals surface area contributed by atoms with Crippen LogP contribution in [-0.4, -0.2) is 25.6 Å². The Morgan fingerprint density at radius 1 is 1.25 bits per heavy atom. The van der Waals surface area contributed by atoms with Gasteiger partial charge in [0.05, 0.1) is 11.3 Å². The highest BCUT2D eigenvalue weighted by Gasteiger charge is 2.34. The number of sulfone groups is 1. The van der Waals surface area contributed by atoms with Crippen molar-refractivity contribution in [2.24, 2.45) is 0 Å². The summed E-state index contributed by atoms with van der Waals surface area (Å²) in [6.45, 7) is 0. The molecule has 1 fully saturated rings. The van der Waals surface area contributed by atoms with Crippen LogP contribution in [-0.2, 0) is 14.6 Å². The van der Waals surface area contributed by atoms with E-state index in [9.17, 15) is 13.2 Å². The van der Waals surface area contributed by atoms with E-state index in [1.165, 1.54) is 0 Å². The van der Waals surface area contributed by atoms with E-state index in [1.54, 1.807) is 30.3 Å². The number of hydrogen-bond acceptors (Lipinski definition) is 4. The fourth-order valence-electron chi connectivity index (χ4n) is 1.66. The lowest BCUT2D eigenvalue weighted by atomic mass is 10.2. The van der Waals surface area contributed by atoms with Crippen LogP contribution in [0.3, 0.4) is 0 Å². The van der Waals surface area contributed by atoms with E-state index in [4.69, 9.17) is 4.74 Å². The zero-order valence-electron chi connectivity index (χ0n) is 8.63. The Morgan fingerprint density at radius 3 is 2.50 bits per heavy atom. The molecule has 1 heterocycles. The second kappa shape index (κ2) is 4.25. The number of rotatable bonds is 2. The topological polar surface area (TPSA) is 60.4 Å². The highest BCUT2D eigenvalue weighted by Crippen LogP contribution is 2.22. The van der Waals surface area contributed by atoms with Gasteiger partial charge in [-0.25, -0.2) is 13.2 Å². The highest BCUT2D eigenvalue weighted by molar-refractivity contribution is 7.92. The summed E-state index contributed by atoms with van der Waals surface area (Å²) in [4.78, 5) is 11.6. The van der Waals surface area contributed by atoms with E-state index >= 15 is 0 Å². The van der Waals surface area contributed by atoms with Gasteiger partial charge in [0.15, 0.2) is 9.84 Å². The van der Waals surface area contributed by atoms with E-state index < -0.39 is 21.2 Å². The van der Waals surface area contributed by atoms with Gasteiger partial charge in [0.2, 0.25) is 5.44 Å². The van der Waals surface area contributed by atoms with Gasteiger partial charge >= 0.3 is 5.97 Å². The summed E-state index contributed by atoms with van der Waals surface area (Å²) in [7, 11) is -3.23. The SMILES string of the molecule is O=C(OC1CCCS1(=O)=O)c1ccccc1. The Hall–Kier alpha value is -1.36. The van der Waals surface area contributed by atoms with Gasteiger partial charge in [-0.15, -0.1) is 0 Å². The van der Waals surface area contributed by atoms with Crippen molar-refractivity contribution in [2.75, 3.05) is 5.75 Å². The van der Waals surface area contributed by atoms with Crippen molar-refractivity contribution in [1.82, 2.24) is 0 Å². The van der Waals surface area contributed by atoms with Gasteiger partial charge in [0, 0.05) is 0 Å². The Balaban J connectivity index is 2.09. The minimum absolute atomic E-state index is 0.111. The van der Waals surface area contributed by atoms with Crippen LogP contribution in [0.15, 0.2) is 30.3 Å². The molecule has 1 aliphatic heterocycles. The first kappa shape index (κ1) is 11.1. The molecule has 0 spiro atoms. The summed E-state index contributed by atoms with van der Waals surface area (Å²) >= 11 is 0. The molecule has 0 saturated carbocycles. The number of hydrogen-bond donors (Lipinski definition) is 0. The van der Waals surface area contributed by atoms with Crippen molar-refractivity contribution >= 4 is 15.8 Å². The predicted molar refractivity (Wildman–Crippen MR) is 58.7 cm³/mol. The molecular formula is C11H12O4S. The third-order valence-electron chi connectivity index (χ3n) is 2.52. The molecule has 0 N–H and O–H groups in total. The second-order valence-corrected chi connectivity index (χ2v) is 5.97. The van der Waals surface area contributed by atoms with Crippen molar-refractivity contribution in [3.8, 4) is 0 Å². The van der Waals surface area contributed by atoms with Crippen molar-refractivity contribution in [3.05, 3.63) is 35.9 Å². The maximum atomic E-state index is 11.6. The monoisotopic (exact) mass is 240 g/mol. The summed E-state index contributed by atoms with van der Waals surface area (Å²) < 4.78 is 27.9. The Kier molecular flexibility index (Phi) is 2.96. The molecule has 2 rings (SSSR count). The van der Waals surface area contributed by atoms with Crippen molar-refractivity contribution in [2.45, 2.75) is 18.3 Å². The van der Waals surface area contributed by atoms with Gasteiger partial charge in [-0.2, -0.15) is 0 Å². The van der Waals surface area contributed by atoms with Crippen LogP contribution < -0.4 is 0 Å². The lowest BCUT2D eigenvalue weighted by molar-refractivity contribution is 0.0443. The molecule has 5 heteroatoms. The number of ether oxygens (including phenoxy) is 1. The highest BCUT2D eigenvalue weighted by atomic mass is 32.2. The summed E-state index contributed by atoms with van der Waals surface area (Å²) in [6, 6.07) is 8.40. The Morgan fingerprint density at radius 2 is 1.94 bits per heavy atom. The predicted octanol–water partition coefficient (Wildman–Crippen LogP) is 1.38. The van der Waals surface area contributed by atoms with Crippen LogP contribution in [0.5, 0.6) is 0 Å². The van der Waals surface area contributed by atoms with Crippen LogP contribution >= 0.6 is 0 Å². The van der Waals surface area contributed by atoms with Gasteiger partial charge in [-0.1, -0.05) is 18.2 Å². The zero-order chi connectivity index (χ0) is 11.6. The summed E-state index contributed by atoms with van der Waals surface area (Å²) in [6.07, 6.45) is 0.968. The maximum Gasteiger partial charge on any atom is 0.339 e. The lowest BCUT2D eigenvalue weighted by Gasteiger charge is -2.10. The third-order valence-corrected chi connectivity index (χ3v) is 4.51. The number of benzene rings is 1. The van der Waals surface area contributed by atoms with Gasteiger partial charge < -0.3 is 4.74 Å². The van der Waals surface area contributed by atoms with Crippen molar-refractivity contribution in [1.29, 1.82) is 0 Å². The molecule has 1 aromatic carbocycles. The number of esters is 1. The first-order chi connectivity index (χ1) is 7.59. The minimum Gasteiger partial charge on any atom is -0.442 e. The number of carbonyl (C=O) groups excluding carboxylic acids is 1. The lowest BCUT2D eigenvalue weighted by Crippen LogP contribution is -2.23. The van der Waals surface area contributed by atoms with Crippen LogP contribution in [0.25, 0.3) is 0 Å². The quantitative estimate of drug-likeness (QED) is 0.733. The van der Waals surface area contributed by atoms with Crippen LogP contribution in [0.2, 0.25) is 0 Å². The summed E-state index contributed by atoms with van der Waals surface area (Å²) in [5.74, 6) is -0.462. The molecule has 4 nitrogen and oxygen atoms in total. The molecule has 16 heavy (non-hydrogen) atoms. The molecule has 0 aromatic heterocycles. The normalized spacial score (nSPS) is 22.9. The van der Waals surface area contributed by atoms with Crippen LogP contribution in [0.4, 0.5) is 0 Å². The Labute approximate surface area is 94.2 Å². The number of carbonyl (C=O) groups is 1. The van der Waals surface area contributed by atoms with Crippen LogP contribution in [0.1, 0.15) is 23.2 Å². The fraction of sp³-hybridized carbons (Fsp3) is 0.364. The molecule has 86 valence electrons. The van der Waals surface area contributed by atoms with E-state index in [0.29, 0.717) is 18.4 Å². The molecule has 1 saturated heterocycles. The summed E-state index contributed by atoms with van der Waals surface area (Å²) in [5, 5.41) is 0. The van der Waals surface area contributed by atoms with E-state index in [-0.39, 0.29) is 5.75 Å². The smallest absolute Gasteiger partial charge is 0.339 e. The van der Waals surface area contributed by atoms with Crippen LogP contribution in [0, 0.1) is 0 Å². The van der Waals surface area contributed by atoms with E-state index in [0.717, 1.165) is 0 Å².